The molecule has 2 fully saturated rings. The first kappa shape index (κ1) is 19.7. The van der Waals surface area contributed by atoms with Crippen molar-refractivity contribution < 1.29 is 13.2 Å². The Morgan fingerprint density at radius 1 is 1.13 bits per heavy atom. The van der Waals surface area contributed by atoms with Crippen LogP contribution in [0.2, 0.25) is 0 Å². The Morgan fingerprint density at radius 2 is 1.90 bits per heavy atom. The number of aromatic amines is 1. The van der Waals surface area contributed by atoms with Crippen molar-refractivity contribution in [1.82, 2.24) is 19.9 Å². The van der Waals surface area contributed by atoms with Gasteiger partial charge in [-0.05, 0) is 42.7 Å². The van der Waals surface area contributed by atoms with Gasteiger partial charge in [0.15, 0.2) is 0 Å². The van der Waals surface area contributed by atoms with Gasteiger partial charge in [-0.1, -0.05) is 12.1 Å². The van der Waals surface area contributed by atoms with Crippen LogP contribution in [0.15, 0.2) is 53.8 Å². The lowest BCUT2D eigenvalue weighted by Crippen LogP contribution is -2.57. The van der Waals surface area contributed by atoms with E-state index < -0.39 is 10.0 Å². The molecule has 3 heterocycles. The summed E-state index contributed by atoms with van der Waals surface area (Å²) >= 11 is 0. The summed E-state index contributed by atoms with van der Waals surface area (Å²) < 4.78 is 22.7. The van der Waals surface area contributed by atoms with Crippen LogP contribution in [0.3, 0.4) is 0 Å². The number of hydrogen-bond donors (Lipinski definition) is 2. The highest BCUT2D eigenvalue weighted by atomic mass is 32.2. The van der Waals surface area contributed by atoms with E-state index in [0.29, 0.717) is 13.1 Å². The number of piperazine rings is 1. The van der Waals surface area contributed by atoms with E-state index in [1.165, 1.54) is 12.1 Å². The fourth-order valence-corrected chi connectivity index (χ4v) is 4.73. The molecule has 0 radical (unpaired) electrons. The van der Waals surface area contributed by atoms with Gasteiger partial charge in [0.05, 0.1) is 15.8 Å². The number of rotatable bonds is 4. The minimum atomic E-state index is -3.73. The normalized spacial score (nSPS) is 18.2. The summed E-state index contributed by atoms with van der Waals surface area (Å²) in [7, 11) is -3.73. The van der Waals surface area contributed by atoms with Gasteiger partial charge in [0.25, 0.3) is 0 Å². The molecule has 31 heavy (non-hydrogen) atoms. The molecule has 9 nitrogen and oxygen atoms in total. The van der Waals surface area contributed by atoms with Gasteiger partial charge in [-0.3, -0.25) is 4.79 Å². The van der Waals surface area contributed by atoms with Crippen LogP contribution < -0.4 is 10.0 Å². The first-order chi connectivity index (χ1) is 14.9. The van der Waals surface area contributed by atoms with Crippen molar-refractivity contribution in [2.45, 2.75) is 23.3 Å². The monoisotopic (exact) mass is 438 g/mol. The Balaban J connectivity index is 1.30. The van der Waals surface area contributed by atoms with Crippen molar-refractivity contribution in [3.05, 3.63) is 54.5 Å². The maximum Gasteiger partial charge on any atom is 0.247 e. The van der Waals surface area contributed by atoms with E-state index in [2.05, 4.69) is 19.9 Å². The van der Waals surface area contributed by atoms with Gasteiger partial charge >= 0.3 is 0 Å². The Morgan fingerprint density at radius 3 is 2.61 bits per heavy atom. The highest BCUT2D eigenvalue weighted by molar-refractivity contribution is 7.89. The predicted molar refractivity (Wildman–Crippen MR) is 117 cm³/mol. The van der Waals surface area contributed by atoms with Gasteiger partial charge in [0.1, 0.15) is 17.8 Å². The lowest BCUT2D eigenvalue weighted by molar-refractivity contribution is -0.129. The fraction of sp³-hybridized carbons (Fsp3) is 0.286. The Hall–Kier alpha value is -3.24. The number of carbonyl (C=O) groups excluding carboxylic acids is 1. The van der Waals surface area contributed by atoms with Gasteiger partial charge in [0, 0.05) is 31.9 Å². The molecule has 2 aromatic heterocycles. The molecule has 160 valence electrons. The average molecular weight is 439 g/mol. The summed E-state index contributed by atoms with van der Waals surface area (Å²) in [4.78, 5) is 29.0. The van der Waals surface area contributed by atoms with Crippen molar-refractivity contribution in [3.63, 3.8) is 0 Å². The first-order valence-electron chi connectivity index (χ1n) is 10.0. The molecule has 0 atom stereocenters. The third kappa shape index (κ3) is 3.68. The number of aromatic nitrogens is 3. The summed E-state index contributed by atoms with van der Waals surface area (Å²) in [5, 5.41) is 6.11. The van der Waals surface area contributed by atoms with Crippen LogP contribution in [0.4, 0.5) is 5.82 Å². The second-order valence-electron chi connectivity index (χ2n) is 8.02. The minimum absolute atomic E-state index is 0.0397. The fourth-order valence-electron chi connectivity index (χ4n) is 4.21. The third-order valence-corrected chi connectivity index (χ3v) is 6.93. The van der Waals surface area contributed by atoms with E-state index in [-0.39, 0.29) is 16.3 Å². The molecule has 3 N–H and O–H groups in total. The molecule has 1 amide bonds. The molecule has 1 aromatic carbocycles. The van der Waals surface area contributed by atoms with E-state index in [4.69, 9.17) is 5.14 Å². The first-order valence-corrected chi connectivity index (χ1v) is 11.6. The number of fused-ring (bicyclic) bond motifs is 1. The number of benzene rings is 1. The number of nitrogens with zero attached hydrogens (tertiary/aromatic N) is 4. The van der Waals surface area contributed by atoms with Crippen LogP contribution in [0.25, 0.3) is 17.1 Å². The number of hydrogen-bond acceptors (Lipinski definition) is 6. The summed E-state index contributed by atoms with van der Waals surface area (Å²) in [5.41, 5.74) is 1.38. The van der Waals surface area contributed by atoms with E-state index in [1.807, 2.05) is 17.2 Å². The van der Waals surface area contributed by atoms with Gasteiger partial charge in [0.2, 0.25) is 15.9 Å². The molecule has 1 aliphatic heterocycles. The zero-order valence-corrected chi connectivity index (χ0v) is 17.5. The number of nitrogens with one attached hydrogen (secondary N) is 1. The maximum atomic E-state index is 12.9. The van der Waals surface area contributed by atoms with Crippen LogP contribution in [-0.4, -0.2) is 59.4 Å². The number of primary sulfonamides is 1. The summed E-state index contributed by atoms with van der Waals surface area (Å²) in [5.74, 6) is 0.859. The highest BCUT2D eigenvalue weighted by Crippen LogP contribution is 2.45. The maximum absolute atomic E-state index is 12.9. The Labute approximate surface area is 179 Å². The molecule has 0 unspecified atom stereocenters. The summed E-state index contributed by atoms with van der Waals surface area (Å²) in [6.45, 7) is 2.05. The SMILES string of the molecule is NS(=O)(=O)c1ccc(C=CC(=O)N2CCN(c3ncnc4[nH]ccc34)CC23CC3)cc1. The van der Waals surface area contributed by atoms with Crippen LogP contribution in [-0.2, 0) is 14.8 Å². The molecule has 1 aliphatic carbocycles. The number of sulfonamides is 1. The second kappa shape index (κ2) is 7.17. The van der Waals surface area contributed by atoms with Gasteiger partial charge in [-0.2, -0.15) is 0 Å². The Bertz CT molecular complexity index is 1280. The number of nitrogens with two attached hydrogens (primary N) is 1. The molecule has 1 saturated heterocycles. The van der Waals surface area contributed by atoms with E-state index in [9.17, 15) is 13.2 Å². The quantitative estimate of drug-likeness (QED) is 0.595. The molecule has 3 aromatic rings. The lowest BCUT2D eigenvalue weighted by Gasteiger charge is -2.42. The highest BCUT2D eigenvalue weighted by Gasteiger charge is 2.53. The largest absolute Gasteiger partial charge is 0.352 e. The van der Waals surface area contributed by atoms with Gasteiger partial charge in [-0.15, -0.1) is 0 Å². The molecule has 10 heteroatoms. The van der Waals surface area contributed by atoms with Gasteiger partial charge < -0.3 is 14.8 Å². The van der Waals surface area contributed by atoms with Crippen molar-refractivity contribution >= 4 is 38.9 Å². The van der Waals surface area contributed by atoms with Crippen LogP contribution in [0.1, 0.15) is 18.4 Å². The van der Waals surface area contributed by atoms with Crippen LogP contribution in [0.5, 0.6) is 0 Å². The topological polar surface area (TPSA) is 125 Å². The van der Waals surface area contributed by atoms with E-state index in [1.54, 1.807) is 30.6 Å². The van der Waals surface area contributed by atoms with E-state index >= 15 is 0 Å². The predicted octanol–water partition coefficient (Wildman–Crippen LogP) is 1.50. The zero-order chi connectivity index (χ0) is 21.6. The van der Waals surface area contributed by atoms with Crippen molar-refractivity contribution in [3.8, 4) is 0 Å². The van der Waals surface area contributed by atoms with Crippen molar-refractivity contribution in [1.29, 1.82) is 0 Å². The molecule has 2 aliphatic rings. The van der Waals surface area contributed by atoms with E-state index in [0.717, 1.165) is 41.8 Å². The molecular weight excluding hydrogens is 416 g/mol. The number of anilines is 1. The van der Waals surface area contributed by atoms with Crippen LogP contribution >= 0.6 is 0 Å². The van der Waals surface area contributed by atoms with Crippen LogP contribution in [0, 0.1) is 0 Å². The molecular formula is C21H22N6O3S. The lowest BCUT2D eigenvalue weighted by atomic mass is 10.1. The van der Waals surface area contributed by atoms with Crippen molar-refractivity contribution in [2.24, 2.45) is 5.14 Å². The standard InChI is InChI=1S/C21H22N6O3S/c22-31(29,30)16-4-1-15(2-5-16)3-6-18(28)27-12-11-26(13-21(27)8-9-21)20-17-7-10-23-19(17)24-14-25-20/h1-7,10,14H,8-9,11-13H2,(H2,22,29,30)(H,23,24,25). The Kier molecular flexibility index (Phi) is 4.56. The molecule has 5 rings (SSSR count). The third-order valence-electron chi connectivity index (χ3n) is 6.00. The number of H-pyrrole nitrogens is 1. The number of amides is 1. The second-order valence-corrected chi connectivity index (χ2v) is 9.58. The average Bonchev–Trinajstić information content (AvgIpc) is 3.33. The molecule has 0 bridgehead atoms. The van der Waals surface area contributed by atoms with Crippen molar-refractivity contribution in [2.75, 3.05) is 24.5 Å². The molecule has 1 saturated carbocycles. The number of carbonyl (C=O) groups is 1. The summed E-state index contributed by atoms with van der Waals surface area (Å²) in [6.07, 6.45) is 8.61. The minimum Gasteiger partial charge on any atom is -0.352 e. The zero-order valence-electron chi connectivity index (χ0n) is 16.7. The summed E-state index contributed by atoms with van der Waals surface area (Å²) in [6, 6.07) is 8.11. The van der Waals surface area contributed by atoms with Gasteiger partial charge in [-0.25, -0.2) is 23.5 Å². The smallest absolute Gasteiger partial charge is 0.247 e. The molecule has 1 spiro atoms.